The summed E-state index contributed by atoms with van der Waals surface area (Å²) < 4.78 is 28.2. The summed E-state index contributed by atoms with van der Waals surface area (Å²) in [5, 5.41) is -0.490. The first kappa shape index (κ1) is 16.7. The molecule has 0 saturated carbocycles. The van der Waals surface area contributed by atoms with Gasteiger partial charge in [-0.3, -0.25) is 9.71 Å². The SMILES string of the molecule is O=S(=O)(Nc1ccccc1)[C@H]1CCCN(c2ccc3nccnc3n2)C1. The fourth-order valence-electron chi connectivity index (χ4n) is 3.17. The predicted octanol–water partition coefficient (Wildman–Crippen LogP) is 2.44. The van der Waals surface area contributed by atoms with E-state index in [9.17, 15) is 8.42 Å². The van der Waals surface area contributed by atoms with Crippen LogP contribution in [0.2, 0.25) is 0 Å². The third kappa shape index (κ3) is 3.45. The van der Waals surface area contributed by atoms with Crippen LogP contribution in [0.3, 0.4) is 0 Å². The molecule has 26 heavy (non-hydrogen) atoms. The zero-order chi connectivity index (χ0) is 18.0. The van der Waals surface area contributed by atoms with Crippen LogP contribution >= 0.6 is 0 Å². The number of aromatic nitrogens is 3. The fourth-order valence-corrected chi connectivity index (χ4v) is 4.66. The number of nitrogens with one attached hydrogen (secondary N) is 1. The molecule has 8 heteroatoms. The first-order chi connectivity index (χ1) is 12.6. The second-order valence-electron chi connectivity index (χ2n) is 6.29. The van der Waals surface area contributed by atoms with E-state index in [2.05, 4.69) is 19.7 Å². The Kier molecular flexibility index (Phi) is 4.42. The highest BCUT2D eigenvalue weighted by Gasteiger charge is 2.31. The van der Waals surface area contributed by atoms with Gasteiger partial charge in [0.15, 0.2) is 5.65 Å². The molecule has 4 rings (SSSR count). The molecule has 1 N–H and O–H groups in total. The Morgan fingerprint density at radius 3 is 2.69 bits per heavy atom. The lowest BCUT2D eigenvalue weighted by molar-refractivity contribution is 0.533. The zero-order valence-corrected chi connectivity index (χ0v) is 14.9. The molecular formula is C18H19N5O2S. The first-order valence-electron chi connectivity index (χ1n) is 8.51. The summed E-state index contributed by atoms with van der Waals surface area (Å²) in [6.07, 6.45) is 4.65. The fraction of sp³-hybridized carbons (Fsp3) is 0.278. The minimum atomic E-state index is -3.47. The molecule has 0 amide bonds. The Labute approximate surface area is 152 Å². The van der Waals surface area contributed by atoms with Crippen molar-refractivity contribution in [3.05, 3.63) is 54.9 Å². The van der Waals surface area contributed by atoms with Crippen LogP contribution in [0.5, 0.6) is 0 Å². The second-order valence-corrected chi connectivity index (χ2v) is 8.25. The Balaban J connectivity index is 1.54. The number of benzene rings is 1. The maximum Gasteiger partial charge on any atom is 0.237 e. The smallest absolute Gasteiger partial charge is 0.237 e. The van der Waals surface area contributed by atoms with Crippen LogP contribution in [0.1, 0.15) is 12.8 Å². The molecule has 1 aliphatic rings. The number of hydrogen-bond acceptors (Lipinski definition) is 6. The number of para-hydroxylation sites is 1. The molecule has 1 aromatic carbocycles. The van der Waals surface area contributed by atoms with Gasteiger partial charge in [0.05, 0.1) is 5.25 Å². The van der Waals surface area contributed by atoms with Crippen molar-refractivity contribution in [2.75, 3.05) is 22.7 Å². The summed E-state index contributed by atoms with van der Waals surface area (Å²) in [6, 6.07) is 12.7. The molecule has 0 aliphatic carbocycles. The van der Waals surface area contributed by atoms with Crippen LogP contribution in [0.15, 0.2) is 54.9 Å². The van der Waals surface area contributed by atoms with Gasteiger partial charge in [0.1, 0.15) is 11.3 Å². The van der Waals surface area contributed by atoms with Gasteiger partial charge in [-0.2, -0.15) is 0 Å². The molecule has 2 aromatic heterocycles. The zero-order valence-electron chi connectivity index (χ0n) is 14.1. The predicted molar refractivity (Wildman–Crippen MR) is 102 cm³/mol. The lowest BCUT2D eigenvalue weighted by atomic mass is 10.1. The van der Waals surface area contributed by atoms with Crippen LogP contribution in [0.25, 0.3) is 11.2 Å². The summed E-state index contributed by atoms with van der Waals surface area (Å²) in [4.78, 5) is 15.0. The van der Waals surface area contributed by atoms with E-state index in [1.54, 1.807) is 24.5 Å². The summed E-state index contributed by atoms with van der Waals surface area (Å²) in [5.74, 6) is 0.734. The van der Waals surface area contributed by atoms with Crippen LogP contribution in [-0.2, 0) is 10.0 Å². The molecule has 1 fully saturated rings. The van der Waals surface area contributed by atoms with Gasteiger partial charge < -0.3 is 4.90 Å². The molecule has 0 radical (unpaired) electrons. The van der Waals surface area contributed by atoms with Crippen LogP contribution in [-0.4, -0.2) is 41.7 Å². The van der Waals surface area contributed by atoms with Gasteiger partial charge in [-0.15, -0.1) is 0 Å². The molecule has 3 aromatic rings. The maximum absolute atomic E-state index is 12.8. The normalized spacial score (nSPS) is 18.0. The summed E-state index contributed by atoms with van der Waals surface area (Å²) in [6.45, 7) is 1.18. The highest BCUT2D eigenvalue weighted by molar-refractivity contribution is 7.93. The van der Waals surface area contributed by atoms with Crippen molar-refractivity contribution in [2.24, 2.45) is 0 Å². The minimum absolute atomic E-state index is 0.404. The molecule has 0 unspecified atom stereocenters. The van der Waals surface area contributed by atoms with Gasteiger partial charge in [0.2, 0.25) is 10.0 Å². The van der Waals surface area contributed by atoms with Crippen molar-refractivity contribution in [1.29, 1.82) is 0 Å². The van der Waals surface area contributed by atoms with Crippen molar-refractivity contribution in [3.8, 4) is 0 Å². The number of sulfonamides is 1. The third-order valence-corrected chi connectivity index (χ3v) is 6.27. The number of rotatable bonds is 4. The Morgan fingerprint density at radius 2 is 1.85 bits per heavy atom. The number of anilines is 2. The third-order valence-electron chi connectivity index (χ3n) is 4.49. The first-order valence-corrected chi connectivity index (χ1v) is 10.1. The van der Waals surface area contributed by atoms with Crippen molar-refractivity contribution in [2.45, 2.75) is 18.1 Å². The molecule has 134 valence electrons. The van der Waals surface area contributed by atoms with E-state index < -0.39 is 15.3 Å². The number of piperidine rings is 1. The summed E-state index contributed by atoms with van der Waals surface area (Å²) >= 11 is 0. The molecule has 1 aliphatic heterocycles. The van der Waals surface area contributed by atoms with E-state index >= 15 is 0 Å². The van der Waals surface area contributed by atoms with Crippen LogP contribution in [0.4, 0.5) is 11.5 Å². The number of hydrogen-bond donors (Lipinski definition) is 1. The van der Waals surface area contributed by atoms with Crippen molar-refractivity contribution in [3.63, 3.8) is 0 Å². The number of pyridine rings is 1. The summed E-state index contributed by atoms with van der Waals surface area (Å²) in [7, 11) is -3.47. The molecule has 1 atom stereocenters. The Morgan fingerprint density at radius 1 is 1.04 bits per heavy atom. The molecule has 1 saturated heterocycles. The van der Waals surface area contributed by atoms with Crippen molar-refractivity contribution < 1.29 is 8.42 Å². The average molecular weight is 369 g/mol. The van der Waals surface area contributed by atoms with E-state index in [-0.39, 0.29) is 0 Å². The van der Waals surface area contributed by atoms with Crippen LogP contribution < -0.4 is 9.62 Å². The van der Waals surface area contributed by atoms with Gasteiger partial charge in [-0.25, -0.2) is 18.4 Å². The molecular weight excluding hydrogens is 350 g/mol. The summed E-state index contributed by atoms with van der Waals surface area (Å²) in [5.41, 5.74) is 1.88. The minimum Gasteiger partial charge on any atom is -0.355 e. The number of fused-ring (bicyclic) bond motifs is 1. The highest BCUT2D eigenvalue weighted by atomic mass is 32.2. The van der Waals surface area contributed by atoms with Crippen molar-refractivity contribution in [1.82, 2.24) is 15.0 Å². The van der Waals surface area contributed by atoms with Gasteiger partial charge in [-0.05, 0) is 37.1 Å². The lowest BCUT2D eigenvalue weighted by Gasteiger charge is -2.33. The van der Waals surface area contributed by atoms with Gasteiger partial charge in [-0.1, -0.05) is 18.2 Å². The standard InChI is InChI=1S/C18H19N5O2S/c24-26(25,22-14-5-2-1-3-6-14)15-7-4-12-23(13-15)17-9-8-16-18(21-17)20-11-10-19-16/h1-3,5-6,8-11,15,22H,4,7,12-13H2/t15-/m0/s1. The number of nitrogens with zero attached hydrogens (tertiary/aromatic N) is 4. The van der Waals surface area contributed by atoms with E-state index in [4.69, 9.17) is 0 Å². The van der Waals surface area contributed by atoms with E-state index in [1.165, 1.54) is 0 Å². The van der Waals surface area contributed by atoms with Gasteiger partial charge in [0, 0.05) is 31.2 Å². The monoisotopic (exact) mass is 369 g/mol. The van der Waals surface area contributed by atoms with Gasteiger partial charge in [0.25, 0.3) is 0 Å². The topological polar surface area (TPSA) is 88.1 Å². The lowest BCUT2D eigenvalue weighted by Crippen LogP contribution is -2.44. The average Bonchev–Trinajstić information content (AvgIpc) is 2.68. The van der Waals surface area contributed by atoms with E-state index in [0.29, 0.717) is 24.3 Å². The van der Waals surface area contributed by atoms with E-state index in [0.717, 1.165) is 24.3 Å². The second kappa shape index (κ2) is 6.87. The molecule has 0 bridgehead atoms. The van der Waals surface area contributed by atoms with Crippen LogP contribution in [0, 0.1) is 0 Å². The Bertz CT molecular complexity index is 1010. The maximum atomic E-state index is 12.8. The van der Waals surface area contributed by atoms with E-state index in [1.807, 2.05) is 35.2 Å². The quantitative estimate of drug-likeness (QED) is 0.760. The largest absolute Gasteiger partial charge is 0.355 e. The Hall–Kier alpha value is -2.74. The molecule has 7 nitrogen and oxygen atoms in total. The van der Waals surface area contributed by atoms with Gasteiger partial charge >= 0.3 is 0 Å². The van der Waals surface area contributed by atoms with Crippen molar-refractivity contribution >= 4 is 32.7 Å². The molecule has 0 spiro atoms. The molecule has 3 heterocycles. The highest BCUT2D eigenvalue weighted by Crippen LogP contribution is 2.24.